The summed E-state index contributed by atoms with van der Waals surface area (Å²) in [6.45, 7) is 5.18. The molecule has 0 heterocycles. The van der Waals surface area contributed by atoms with Crippen molar-refractivity contribution in [1.29, 1.82) is 0 Å². The van der Waals surface area contributed by atoms with Crippen molar-refractivity contribution in [3.8, 4) is 0 Å². The predicted molar refractivity (Wildman–Crippen MR) is 53.0 cm³/mol. The smallest absolute Gasteiger partial charge is 0.0445 e. The Hall–Kier alpha value is -0.700. The predicted octanol–water partition coefficient (Wildman–Crippen LogP) is 1.56. The largest absolute Gasteiger partial charge is 0.403 e. The standard InChI is InChI=1S/C9H21N3/c1-3-5-7-12(11)9(8-10)6-4-2/h8H,3-7,10-11H2,1-2H3/b9-8-. The van der Waals surface area contributed by atoms with Crippen molar-refractivity contribution >= 4 is 0 Å². The van der Waals surface area contributed by atoms with E-state index >= 15 is 0 Å². The van der Waals surface area contributed by atoms with E-state index in [0.29, 0.717) is 0 Å². The third-order valence-electron chi connectivity index (χ3n) is 1.82. The van der Waals surface area contributed by atoms with Crippen molar-refractivity contribution in [2.45, 2.75) is 39.5 Å². The summed E-state index contributed by atoms with van der Waals surface area (Å²) in [6.07, 6.45) is 5.95. The minimum atomic E-state index is 0.902. The first kappa shape index (κ1) is 11.3. The fraction of sp³-hybridized carbons (Fsp3) is 0.778. The van der Waals surface area contributed by atoms with Gasteiger partial charge in [0.05, 0.1) is 0 Å². The number of hydrogen-bond donors (Lipinski definition) is 2. The lowest BCUT2D eigenvalue weighted by Gasteiger charge is -2.20. The molecule has 0 fully saturated rings. The average molecular weight is 171 g/mol. The van der Waals surface area contributed by atoms with E-state index in [1.54, 1.807) is 11.2 Å². The first-order valence-electron chi connectivity index (χ1n) is 4.69. The molecule has 0 atom stereocenters. The van der Waals surface area contributed by atoms with Gasteiger partial charge in [-0.3, -0.25) is 0 Å². The Balaban J connectivity index is 3.78. The summed E-state index contributed by atoms with van der Waals surface area (Å²) >= 11 is 0. The molecule has 0 aromatic heterocycles. The Morgan fingerprint density at radius 2 is 2.00 bits per heavy atom. The third-order valence-corrected chi connectivity index (χ3v) is 1.82. The molecule has 0 amide bonds. The highest BCUT2D eigenvalue weighted by atomic mass is 15.4. The van der Waals surface area contributed by atoms with Crippen LogP contribution in [0.3, 0.4) is 0 Å². The van der Waals surface area contributed by atoms with Gasteiger partial charge in [0.15, 0.2) is 0 Å². The summed E-state index contributed by atoms with van der Waals surface area (Å²) in [6, 6.07) is 0. The zero-order valence-corrected chi connectivity index (χ0v) is 8.21. The van der Waals surface area contributed by atoms with Crippen LogP contribution in [0.25, 0.3) is 0 Å². The molecule has 0 aliphatic carbocycles. The summed E-state index contributed by atoms with van der Waals surface area (Å²) < 4.78 is 0. The molecule has 0 rings (SSSR count). The minimum Gasteiger partial charge on any atom is -0.403 e. The second-order valence-electron chi connectivity index (χ2n) is 2.95. The Morgan fingerprint density at radius 1 is 1.33 bits per heavy atom. The van der Waals surface area contributed by atoms with Crippen molar-refractivity contribution < 1.29 is 0 Å². The van der Waals surface area contributed by atoms with E-state index in [1.165, 1.54) is 0 Å². The number of nitrogens with zero attached hydrogens (tertiary/aromatic N) is 1. The second-order valence-corrected chi connectivity index (χ2v) is 2.95. The first-order valence-corrected chi connectivity index (χ1v) is 4.69. The molecular weight excluding hydrogens is 150 g/mol. The Labute approximate surface area is 75.4 Å². The molecule has 4 N–H and O–H groups in total. The molecule has 12 heavy (non-hydrogen) atoms. The molecule has 0 aliphatic heterocycles. The van der Waals surface area contributed by atoms with Gasteiger partial charge in [-0.05, 0) is 12.8 Å². The Kier molecular flexibility index (Phi) is 6.57. The Bertz CT molecular complexity index is 132. The molecule has 0 spiro atoms. The number of hydrogen-bond acceptors (Lipinski definition) is 3. The molecule has 0 aliphatic rings. The highest BCUT2D eigenvalue weighted by Gasteiger charge is 2.01. The van der Waals surface area contributed by atoms with Crippen LogP contribution in [-0.4, -0.2) is 11.6 Å². The van der Waals surface area contributed by atoms with Gasteiger partial charge in [0, 0.05) is 18.4 Å². The number of nitrogens with two attached hydrogens (primary N) is 2. The maximum atomic E-state index is 5.79. The zero-order valence-electron chi connectivity index (χ0n) is 8.21. The lowest BCUT2D eigenvalue weighted by atomic mass is 10.2. The number of unbranched alkanes of at least 4 members (excludes halogenated alkanes) is 1. The fourth-order valence-electron chi connectivity index (χ4n) is 1.05. The van der Waals surface area contributed by atoms with Crippen LogP contribution in [0.1, 0.15) is 39.5 Å². The third kappa shape index (κ3) is 4.23. The fourth-order valence-corrected chi connectivity index (χ4v) is 1.05. The number of rotatable bonds is 6. The average Bonchev–Trinajstić information content (AvgIpc) is 2.10. The molecule has 0 saturated heterocycles. The first-order chi connectivity index (χ1) is 5.76. The quantitative estimate of drug-likeness (QED) is 0.471. The molecule has 0 aromatic carbocycles. The van der Waals surface area contributed by atoms with Crippen LogP contribution in [0.2, 0.25) is 0 Å². The molecule has 3 heteroatoms. The van der Waals surface area contributed by atoms with Crippen LogP contribution in [0, 0.1) is 0 Å². The molecule has 72 valence electrons. The van der Waals surface area contributed by atoms with E-state index in [2.05, 4.69) is 13.8 Å². The maximum absolute atomic E-state index is 5.79. The number of allylic oxidation sites excluding steroid dienone is 1. The van der Waals surface area contributed by atoms with Crippen molar-refractivity contribution in [3.63, 3.8) is 0 Å². The zero-order chi connectivity index (χ0) is 9.40. The van der Waals surface area contributed by atoms with Crippen molar-refractivity contribution in [3.05, 3.63) is 11.9 Å². The molecule has 0 unspecified atom stereocenters. The van der Waals surface area contributed by atoms with E-state index in [0.717, 1.165) is 37.9 Å². The summed E-state index contributed by atoms with van der Waals surface area (Å²) in [7, 11) is 0. The summed E-state index contributed by atoms with van der Waals surface area (Å²) in [5, 5.41) is 1.76. The Morgan fingerprint density at radius 3 is 2.42 bits per heavy atom. The number of hydrazine groups is 1. The monoisotopic (exact) mass is 171 g/mol. The van der Waals surface area contributed by atoms with E-state index in [-0.39, 0.29) is 0 Å². The highest BCUT2D eigenvalue weighted by molar-refractivity contribution is 4.96. The van der Waals surface area contributed by atoms with Gasteiger partial charge in [-0.2, -0.15) is 0 Å². The summed E-state index contributed by atoms with van der Waals surface area (Å²) in [4.78, 5) is 0. The van der Waals surface area contributed by atoms with Gasteiger partial charge in [-0.15, -0.1) is 0 Å². The van der Waals surface area contributed by atoms with Gasteiger partial charge in [-0.1, -0.05) is 26.7 Å². The van der Waals surface area contributed by atoms with Crippen LogP contribution >= 0.6 is 0 Å². The molecule has 0 aromatic rings. The minimum absolute atomic E-state index is 0.902. The van der Waals surface area contributed by atoms with Gasteiger partial charge in [0.1, 0.15) is 0 Å². The van der Waals surface area contributed by atoms with Gasteiger partial charge in [0.2, 0.25) is 0 Å². The molecular formula is C9H21N3. The van der Waals surface area contributed by atoms with Gasteiger partial charge < -0.3 is 10.7 Å². The van der Waals surface area contributed by atoms with Gasteiger partial charge in [-0.25, -0.2) is 5.84 Å². The molecule has 0 radical (unpaired) electrons. The van der Waals surface area contributed by atoms with Gasteiger partial charge >= 0.3 is 0 Å². The van der Waals surface area contributed by atoms with E-state index in [9.17, 15) is 0 Å². The topological polar surface area (TPSA) is 55.3 Å². The van der Waals surface area contributed by atoms with Crippen molar-refractivity contribution in [2.75, 3.05) is 6.54 Å². The lowest BCUT2D eigenvalue weighted by molar-refractivity contribution is 0.336. The summed E-state index contributed by atoms with van der Waals surface area (Å²) in [5.41, 5.74) is 6.49. The highest BCUT2D eigenvalue weighted by Crippen LogP contribution is 2.06. The normalized spacial score (nSPS) is 11.8. The van der Waals surface area contributed by atoms with E-state index in [1.807, 2.05) is 0 Å². The SMILES string of the molecule is CCCCN(N)/C(=C\N)CCC. The van der Waals surface area contributed by atoms with Crippen molar-refractivity contribution in [1.82, 2.24) is 5.01 Å². The van der Waals surface area contributed by atoms with Crippen molar-refractivity contribution in [2.24, 2.45) is 11.6 Å². The second kappa shape index (κ2) is 6.98. The van der Waals surface area contributed by atoms with E-state index < -0.39 is 0 Å². The van der Waals surface area contributed by atoms with Gasteiger partial charge in [0.25, 0.3) is 0 Å². The molecule has 0 saturated carbocycles. The molecule has 3 nitrogen and oxygen atoms in total. The van der Waals surface area contributed by atoms with Crippen LogP contribution in [0.5, 0.6) is 0 Å². The van der Waals surface area contributed by atoms with Crippen LogP contribution < -0.4 is 11.6 Å². The van der Waals surface area contributed by atoms with Crippen LogP contribution in [0.4, 0.5) is 0 Å². The summed E-state index contributed by atoms with van der Waals surface area (Å²) in [5.74, 6) is 5.79. The molecule has 0 bridgehead atoms. The van der Waals surface area contributed by atoms with Crippen LogP contribution in [0.15, 0.2) is 11.9 Å². The lowest BCUT2D eigenvalue weighted by Crippen LogP contribution is -2.31. The van der Waals surface area contributed by atoms with Crippen LogP contribution in [-0.2, 0) is 0 Å². The van der Waals surface area contributed by atoms with E-state index in [4.69, 9.17) is 11.6 Å². The maximum Gasteiger partial charge on any atom is 0.0445 e.